The fourth-order valence-corrected chi connectivity index (χ4v) is 2.56. The first-order valence-electron chi connectivity index (χ1n) is 7.31. The number of rotatable bonds is 5. The van der Waals surface area contributed by atoms with E-state index in [-0.39, 0.29) is 0 Å². The smallest absolute Gasteiger partial charge is 0.0463 e. The van der Waals surface area contributed by atoms with Gasteiger partial charge < -0.3 is 5.32 Å². The molecule has 104 valence electrons. The van der Waals surface area contributed by atoms with Crippen LogP contribution in [0.5, 0.6) is 0 Å². The molecule has 0 fully saturated rings. The maximum atomic E-state index is 3.78. The maximum Gasteiger partial charge on any atom is 0.0463 e. The van der Waals surface area contributed by atoms with E-state index >= 15 is 0 Å². The van der Waals surface area contributed by atoms with Crippen molar-refractivity contribution in [3.63, 3.8) is 0 Å². The fourth-order valence-electron chi connectivity index (χ4n) is 2.56. The highest BCUT2D eigenvalue weighted by molar-refractivity contribution is 5.95. The molecule has 3 rings (SSSR count). The van der Waals surface area contributed by atoms with Gasteiger partial charge in [0.15, 0.2) is 0 Å². The molecule has 0 amide bonds. The summed E-state index contributed by atoms with van der Waals surface area (Å²) in [6.45, 7) is 3.78. The summed E-state index contributed by atoms with van der Waals surface area (Å²) in [6.07, 6.45) is 4.01. The van der Waals surface area contributed by atoms with Crippen molar-refractivity contribution in [3.8, 4) is 0 Å². The molecule has 3 aromatic rings. The zero-order chi connectivity index (χ0) is 14.5. The van der Waals surface area contributed by atoms with Gasteiger partial charge in [0, 0.05) is 16.8 Å². The van der Waals surface area contributed by atoms with E-state index < -0.39 is 0 Å². The predicted molar refractivity (Wildman–Crippen MR) is 92.2 cm³/mol. The molecule has 0 spiro atoms. The van der Waals surface area contributed by atoms with Crippen LogP contribution in [-0.4, -0.2) is 0 Å². The van der Waals surface area contributed by atoms with Crippen molar-refractivity contribution in [2.45, 2.75) is 12.8 Å². The number of anilines is 2. The highest BCUT2D eigenvalue weighted by Gasteiger charge is 2.01. The van der Waals surface area contributed by atoms with Gasteiger partial charge in [-0.15, -0.1) is 6.58 Å². The number of benzene rings is 3. The molecule has 1 N–H and O–H groups in total. The number of nitrogens with one attached hydrogen (secondary N) is 1. The Bertz CT molecular complexity index is 753. The average molecular weight is 273 g/mol. The molecule has 1 nitrogen and oxygen atoms in total. The minimum atomic E-state index is 1.01. The average Bonchev–Trinajstić information content (AvgIpc) is 2.54. The number of fused-ring (bicyclic) bond motifs is 1. The molecule has 0 saturated heterocycles. The Morgan fingerprint density at radius 3 is 2.62 bits per heavy atom. The van der Waals surface area contributed by atoms with Crippen LogP contribution < -0.4 is 5.32 Å². The second-order valence-electron chi connectivity index (χ2n) is 5.18. The molecule has 1 heteroatoms. The van der Waals surface area contributed by atoms with Crippen molar-refractivity contribution < 1.29 is 0 Å². The first-order chi connectivity index (χ1) is 10.4. The third kappa shape index (κ3) is 3.14. The standard InChI is InChI=1S/C20H19N/c1-2-3-8-16-9-6-12-18(15-16)21-20-14-7-11-17-10-4-5-13-19(17)20/h2,4-7,9-15,21H,1,3,8H2. The van der Waals surface area contributed by atoms with Crippen molar-refractivity contribution in [3.05, 3.63) is 84.9 Å². The first-order valence-corrected chi connectivity index (χ1v) is 7.31. The van der Waals surface area contributed by atoms with E-state index in [9.17, 15) is 0 Å². The highest BCUT2D eigenvalue weighted by Crippen LogP contribution is 2.26. The molecular formula is C20H19N. The summed E-state index contributed by atoms with van der Waals surface area (Å²) in [5.41, 5.74) is 3.61. The van der Waals surface area contributed by atoms with Gasteiger partial charge in [-0.25, -0.2) is 0 Å². The summed E-state index contributed by atoms with van der Waals surface area (Å²) in [6, 6.07) is 23.4. The van der Waals surface area contributed by atoms with E-state index in [2.05, 4.69) is 78.6 Å². The SMILES string of the molecule is C=CCCc1cccc(Nc2cccc3ccccc23)c1. The maximum absolute atomic E-state index is 3.78. The molecular weight excluding hydrogens is 254 g/mol. The summed E-state index contributed by atoms with van der Waals surface area (Å²) in [4.78, 5) is 0. The molecule has 0 aliphatic rings. The molecule has 0 bridgehead atoms. The van der Waals surface area contributed by atoms with Gasteiger partial charge in [0.2, 0.25) is 0 Å². The Morgan fingerprint density at radius 1 is 0.905 bits per heavy atom. The van der Waals surface area contributed by atoms with E-state index in [4.69, 9.17) is 0 Å². The van der Waals surface area contributed by atoms with Crippen LogP contribution >= 0.6 is 0 Å². The monoisotopic (exact) mass is 273 g/mol. The summed E-state index contributed by atoms with van der Waals surface area (Å²) >= 11 is 0. The zero-order valence-corrected chi connectivity index (χ0v) is 12.0. The molecule has 3 aromatic carbocycles. The Hall–Kier alpha value is -2.54. The largest absolute Gasteiger partial charge is 0.355 e. The van der Waals surface area contributed by atoms with Gasteiger partial charge in [-0.1, -0.05) is 54.6 Å². The lowest BCUT2D eigenvalue weighted by Crippen LogP contribution is -1.93. The van der Waals surface area contributed by atoms with Crippen LogP contribution in [0.1, 0.15) is 12.0 Å². The Labute approximate surface area is 125 Å². The normalized spacial score (nSPS) is 10.5. The lowest BCUT2D eigenvalue weighted by atomic mass is 10.1. The van der Waals surface area contributed by atoms with Crippen LogP contribution in [-0.2, 0) is 6.42 Å². The minimum absolute atomic E-state index is 1.01. The fraction of sp³-hybridized carbons (Fsp3) is 0.100. The van der Waals surface area contributed by atoms with E-state index in [0.29, 0.717) is 0 Å². The lowest BCUT2D eigenvalue weighted by molar-refractivity contribution is 1.00. The van der Waals surface area contributed by atoms with Crippen molar-refractivity contribution in [1.29, 1.82) is 0 Å². The molecule has 0 saturated carbocycles. The predicted octanol–water partition coefficient (Wildman–Crippen LogP) is 5.70. The van der Waals surface area contributed by atoms with Crippen LogP contribution in [0.4, 0.5) is 11.4 Å². The van der Waals surface area contributed by atoms with Crippen LogP contribution in [0.2, 0.25) is 0 Å². The minimum Gasteiger partial charge on any atom is -0.355 e. The summed E-state index contributed by atoms with van der Waals surface area (Å²) in [5, 5.41) is 6.04. The first kappa shape index (κ1) is 13.4. The van der Waals surface area contributed by atoms with Crippen molar-refractivity contribution in [1.82, 2.24) is 0 Å². The van der Waals surface area contributed by atoms with Gasteiger partial charge in [-0.2, -0.15) is 0 Å². The third-order valence-electron chi connectivity index (χ3n) is 3.63. The van der Waals surface area contributed by atoms with E-state index in [1.54, 1.807) is 0 Å². The highest BCUT2D eigenvalue weighted by atomic mass is 14.9. The molecule has 0 aliphatic carbocycles. The molecule has 0 heterocycles. The molecule has 0 atom stereocenters. The Morgan fingerprint density at radius 2 is 1.71 bits per heavy atom. The van der Waals surface area contributed by atoms with E-state index in [0.717, 1.165) is 24.2 Å². The van der Waals surface area contributed by atoms with Gasteiger partial charge in [-0.3, -0.25) is 0 Å². The van der Waals surface area contributed by atoms with E-state index in [1.165, 1.54) is 16.3 Å². The quantitative estimate of drug-likeness (QED) is 0.588. The van der Waals surface area contributed by atoms with Crippen LogP contribution in [0.3, 0.4) is 0 Å². The molecule has 21 heavy (non-hydrogen) atoms. The second kappa shape index (κ2) is 6.27. The van der Waals surface area contributed by atoms with Crippen LogP contribution in [0, 0.1) is 0 Å². The number of aryl methyl sites for hydroxylation is 1. The molecule has 0 radical (unpaired) electrons. The summed E-state index contributed by atoms with van der Waals surface area (Å²) in [5.74, 6) is 0. The van der Waals surface area contributed by atoms with Gasteiger partial charge >= 0.3 is 0 Å². The Kier molecular flexibility index (Phi) is 4.02. The zero-order valence-electron chi connectivity index (χ0n) is 12.0. The van der Waals surface area contributed by atoms with Crippen molar-refractivity contribution >= 4 is 22.1 Å². The van der Waals surface area contributed by atoms with Gasteiger partial charge in [0.25, 0.3) is 0 Å². The molecule has 0 unspecified atom stereocenters. The number of hydrogen-bond donors (Lipinski definition) is 1. The molecule has 0 aliphatic heterocycles. The summed E-state index contributed by atoms with van der Waals surface area (Å²) in [7, 11) is 0. The third-order valence-corrected chi connectivity index (χ3v) is 3.63. The number of hydrogen-bond acceptors (Lipinski definition) is 1. The second-order valence-corrected chi connectivity index (χ2v) is 5.18. The number of allylic oxidation sites excluding steroid dienone is 1. The van der Waals surface area contributed by atoms with Gasteiger partial charge in [-0.05, 0) is 42.0 Å². The topological polar surface area (TPSA) is 12.0 Å². The van der Waals surface area contributed by atoms with Crippen LogP contribution in [0.15, 0.2) is 79.4 Å². The lowest BCUT2D eigenvalue weighted by Gasteiger charge is -2.11. The van der Waals surface area contributed by atoms with Crippen molar-refractivity contribution in [2.75, 3.05) is 5.32 Å². The Balaban J connectivity index is 1.90. The van der Waals surface area contributed by atoms with Crippen molar-refractivity contribution in [2.24, 2.45) is 0 Å². The molecule has 0 aromatic heterocycles. The summed E-state index contributed by atoms with van der Waals surface area (Å²) < 4.78 is 0. The van der Waals surface area contributed by atoms with Gasteiger partial charge in [0.1, 0.15) is 0 Å². The van der Waals surface area contributed by atoms with E-state index in [1.807, 2.05) is 6.08 Å². The van der Waals surface area contributed by atoms with Gasteiger partial charge in [0.05, 0.1) is 0 Å². The van der Waals surface area contributed by atoms with Crippen LogP contribution in [0.25, 0.3) is 10.8 Å².